The highest BCUT2D eigenvalue weighted by Gasteiger charge is 2.33. The fraction of sp³-hybridized carbons (Fsp3) is 0.381. The molecule has 3 heterocycles. The van der Waals surface area contributed by atoms with E-state index < -0.39 is 6.10 Å². The molecule has 28 heavy (non-hydrogen) atoms. The SMILES string of the molecule is Cc1cc(=O)c2c(O)cc(OCc3ccco3)c([C@H]3CCN(C)C[C@H]3O)c2o1. The number of likely N-dealkylation sites (N-methyl/N-ethyl adjacent to an activating group) is 1. The largest absolute Gasteiger partial charge is 0.507 e. The molecule has 1 aliphatic rings. The molecule has 0 saturated carbocycles. The van der Waals surface area contributed by atoms with Gasteiger partial charge in [0, 0.05) is 30.2 Å². The van der Waals surface area contributed by atoms with Gasteiger partial charge in [0.2, 0.25) is 0 Å². The topological polar surface area (TPSA) is 96.3 Å². The van der Waals surface area contributed by atoms with Gasteiger partial charge in [-0.05, 0) is 39.1 Å². The molecule has 4 rings (SSSR count). The average Bonchev–Trinajstić information content (AvgIpc) is 3.14. The van der Waals surface area contributed by atoms with Gasteiger partial charge in [0.1, 0.15) is 40.6 Å². The zero-order valence-corrected chi connectivity index (χ0v) is 15.8. The van der Waals surface area contributed by atoms with E-state index >= 15 is 0 Å². The molecule has 0 aliphatic carbocycles. The normalized spacial score (nSPS) is 20.5. The van der Waals surface area contributed by atoms with Gasteiger partial charge in [-0.2, -0.15) is 0 Å². The molecular formula is C21H23NO6. The van der Waals surface area contributed by atoms with Gasteiger partial charge in [-0.3, -0.25) is 4.79 Å². The summed E-state index contributed by atoms with van der Waals surface area (Å²) < 4.78 is 17.1. The second-order valence-electron chi connectivity index (χ2n) is 7.33. The Bertz CT molecular complexity index is 1040. The number of benzene rings is 1. The molecule has 7 nitrogen and oxygen atoms in total. The maximum absolute atomic E-state index is 12.5. The van der Waals surface area contributed by atoms with Crippen molar-refractivity contribution in [3.63, 3.8) is 0 Å². The number of phenols is 1. The number of fused-ring (bicyclic) bond motifs is 1. The highest BCUT2D eigenvalue weighted by molar-refractivity contribution is 5.88. The van der Waals surface area contributed by atoms with Gasteiger partial charge in [-0.1, -0.05) is 0 Å². The number of β-amino-alcohol motifs (C(OH)–C–C–N with tert-alkyl or cyclic N) is 1. The summed E-state index contributed by atoms with van der Waals surface area (Å²) in [6.07, 6.45) is 1.58. The molecule has 0 bridgehead atoms. The van der Waals surface area contributed by atoms with Crippen LogP contribution in [0.5, 0.6) is 11.5 Å². The number of furan rings is 1. The molecule has 2 atom stereocenters. The fourth-order valence-electron chi connectivity index (χ4n) is 3.87. The number of hydrogen-bond acceptors (Lipinski definition) is 7. The Labute approximate surface area is 161 Å². The first-order valence-electron chi connectivity index (χ1n) is 9.26. The first kappa shape index (κ1) is 18.6. The van der Waals surface area contributed by atoms with Crippen molar-refractivity contribution in [2.75, 3.05) is 20.1 Å². The van der Waals surface area contributed by atoms with Crippen LogP contribution >= 0.6 is 0 Å². The zero-order valence-electron chi connectivity index (χ0n) is 15.8. The van der Waals surface area contributed by atoms with Crippen LogP contribution in [0.25, 0.3) is 11.0 Å². The predicted octanol–water partition coefficient (Wildman–Crippen LogP) is 2.76. The van der Waals surface area contributed by atoms with Gasteiger partial charge < -0.3 is 28.7 Å². The van der Waals surface area contributed by atoms with Crippen molar-refractivity contribution in [2.24, 2.45) is 0 Å². The third kappa shape index (κ3) is 3.39. The van der Waals surface area contributed by atoms with Gasteiger partial charge >= 0.3 is 0 Å². The number of aryl methyl sites for hydroxylation is 1. The van der Waals surface area contributed by atoms with Crippen molar-refractivity contribution < 1.29 is 23.8 Å². The second-order valence-corrected chi connectivity index (χ2v) is 7.33. The highest BCUT2D eigenvalue weighted by atomic mass is 16.5. The Balaban J connectivity index is 1.88. The quantitative estimate of drug-likeness (QED) is 0.713. The minimum absolute atomic E-state index is 0.108. The van der Waals surface area contributed by atoms with Crippen molar-refractivity contribution in [2.45, 2.75) is 32.0 Å². The number of phenolic OH excluding ortho intramolecular Hbond substituents is 1. The maximum Gasteiger partial charge on any atom is 0.196 e. The van der Waals surface area contributed by atoms with E-state index in [0.717, 1.165) is 6.54 Å². The summed E-state index contributed by atoms with van der Waals surface area (Å²) in [6.45, 7) is 3.13. The van der Waals surface area contributed by atoms with E-state index in [0.29, 0.717) is 35.8 Å². The van der Waals surface area contributed by atoms with E-state index in [-0.39, 0.29) is 34.7 Å². The predicted molar refractivity (Wildman–Crippen MR) is 103 cm³/mol. The third-order valence-corrected chi connectivity index (χ3v) is 5.21. The number of aliphatic hydroxyl groups is 1. The lowest BCUT2D eigenvalue weighted by Gasteiger charge is -2.34. The number of rotatable bonds is 4. The number of aliphatic hydroxyl groups excluding tert-OH is 1. The Morgan fingerprint density at radius 1 is 1.36 bits per heavy atom. The Hall–Kier alpha value is -2.77. The number of nitrogens with zero attached hydrogens (tertiary/aromatic N) is 1. The second kappa shape index (κ2) is 7.33. The van der Waals surface area contributed by atoms with Gasteiger partial charge in [0.05, 0.1) is 12.4 Å². The van der Waals surface area contributed by atoms with Crippen LogP contribution in [0.4, 0.5) is 0 Å². The van der Waals surface area contributed by atoms with E-state index in [2.05, 4.69) is 4.90 Å². The molecule has 0 spiro atoms. The van der Waals surface area contributed by atoms with Crippen LogP contribution in [0, 0.1) is 6.92 Å². The van der Waals surface area contributed by atoms with Gasteiger partial charge in [0.25, 0.3) is 0 Å². The lowest BCUT2D eigenvalue weighted by atomic mass is 9.85. The molecule has 0 amide bonds. The molecule has 1 aliphatic heterocycles. The smallest absolute Gasteiger partial charge is 0.196 e. The minimum Gasteiger partial charge on any atom is -0.507 e. The number of hydrogen-bond donors (Lipinski definition) is 2. The minimum atomic E-state index is -0.650. The molecule has 148 valence electrons. The molecule has 1 saturated heterocycles. The number of piperidine rings is 1. The van der Waals surface area contributed by atoms with Crippen LogP contribution in [0.3, 0.4) is 0 Å². The van der Waals surface area contributed by atoms with Crippen LogP contribution in [0.1, 0.15) is 29.4 Å². The van der Waals surface area contributed by atoms with Gasteiger partial charge in [0.15, 0.2) is 5.43 Å². The summed E-state index contributed by atoms with van der Waals surface area (Å²) in [5.74, 6) is 0.952. The van der Waals surface area contributed by atoms with Crippen molar-refractivity contribution >= 4 is 11.0 Å². The van der Waals surface area contributed by atoms with Crippen molar-refractivity contribution in [1.29, 1.82) is 0 Å². The number of likely N-dealkylation sites (tertiary alicyclic amines) is 1. The van der Waals surface area contributed by atoms with Crippen molar-refractivity contribution in [1.82, 2.24) is 4.90 Å². The van der Waals surface area contributed by atoms with E-state index in [1.54, 1.807) is 25.3 Å². The van der Waals surface area contributed by atoms with E-state index in [1.807, 2.05) is 7.05 Å². The van der Waals surface area contributed by atoms with Crippen LogP contribution < -0.4 is 10.2 Å². The van der Waals surface area contributed by atoms with Gasteiger partial charge in [-0.25, -0.2) is 0 Å². The maximum atomic E-state index is 12.5. The third-order valence-electron chi connectivity index (χ3n) is 5.21. The fourth-order valence-corrected chi connectivity index (χ4v) is 3.87. The molecule has 2 N–H and O–H groups in total. The number of aromatic hydroxyl groups is 1. The molecule has 1 fully saturated rings. The first-order valence-corrected chi connectivity index (χ1v) is 9.26. The van der Waals surface area contributed by atoms with Crippen molar-refractivity contribution in [3.05, 3.63) is 57.8 Å². The molecule has 0 radical (unpaired) electrons. The van der Waals surface area contributed by atoms with Crippen molar-refractivity contribution in [3.8, 4) is 11.5 Å². The van der Waals surface area contributed by atoms with Crippen LogP contribution in [-0.4, -0.2) is 41.4 Å². The molecule has 2 aromatic heterocycles. The van der Waals surface area contributed by atoms with E-state index in [1.165, 1.54) is 12.1 Å². The Morgan fingerprint density at radius 2 is 2.18 bits per heavy atom. The Morgan fingerprint density at radius 3 is 2.89 bits per heavy atom. The summed E-state index contributed by atoms with van der Waals surface area (Å²) in [4.78, 5) is 14.5. The van der Waals surface area contributed by atoms with Gasteiger partial charge in [-0.15, -0.1) is 0 Å². The van der Waals surface area contributed by atoms with Crippen LogP contribution in [0.2, 0.25) is 0 Å². The first-order chi connectivity index (χ1) is 13.4. The molecule has 0 unspecified atom stereocenters. The average molecular weight is 385 g/mol. The Kier molecular flexibility index (Phi) is 4.87. The summed E-state index contributed by atoms with van der Waals surface area (Å²) >= 11 is 0. The lowest BCUT2D eigenvalue weighted by molar-refractivity contribution is 0.0626. The van der Waals surface area contributed by atoms with Crippen LogP contribution in [-0.2, 0) is 6.61 Å². The summed E-state index contributed by atoms with van der Waals surface area (Å²) in [6, 6.07) is 6.33. The zero-order chi connectivity index (χ0) is 19.8. The summed E-state index contributed by atoms with van der Waals surface area (Å²) in [5, 5.41) is 21.3. The van der Waals surface area contributed by atoms with E-state index in [9.17, 15) is 15.0 Å². The molecule has 3 aromatic rings. The van der Waals surface area contributed by atoms with Crippen LogP contribution in [0.15, 0.2) is 44.2 Å². The van der Waals surface area contributed by atoms with E-state index in [4.69, 9.17) is 13.6 Å². The standard InChI is InChI=1S/C21H23NO6/c1-12-8-15(23)20-16(24)9-18(27-11-13-4-3-7-26-13)19(21(20)28-12)14-5-6-22(2)10-17(14)25/h3-4,7-9,14,17,24-25H,5-6,10-11H2,1-2H3/t14-,17+/m0/s1. The number of ether oxygens (including phenoxy) is 1. The molecule has 7 heteroatoms. The summed E-state index contributed by atoms with van der Waals surface area (Å²) in [5.41, 5.74) is 0.561. The molecular weight excluding hydrogens is 362 g/mol. The monoisotopic (exact) mass is 385 g/mol. The highest BCUT2D eigenvalue weighted by Crippen LogP contribution is 2.42. The molecule has 1 aromatic carbocycles. The lowest BCUT2D eigenvalue weighted by Crippen LogP contribution is -2.40. The summed E-state index contributed by atoms with van der Waals surface area (Å²) in [7, 11) is 1.95.